The molecule has 0 aromatic heterocycles. The van der Waals surface area contributed by atoms with Crippen LogP contribution in [0.2, 0.25) is 0 Å². The van der Waals surface area contributed by atoms with E-state index in [4.69, 9.17) is 0 Å². The van der Waals surface area contributed by atoms with Crippen LogP contribution in [0.5, 0.6) is 5.75 Å². The molecule has 1 N–H and O–H groups in total. The van der Waals surface area contributed by atoms with Gasteiger partial charge < -0.3 is 14.9 Å². The van der Waals surface area contributed by atoms with Crippen LogP contribution in [-0.2, 0) is 6.42 Å². The average Bonchev–Trinajstić information content (AvgIpc) is 2.88. The summed E-state index contributed by atoms with van der Waals surface area (Å²) in [5.41, 5.74) is 10.2. The number of piperazine rings is 1. The summed E-state index contributed by atoms with van der Waals surface area (Å²) < 4.78 is 0. The zero-order chi connectivity index (χ0) is 24.5. The van der Waals surface area contributed by atoms with Gasteiger partial charge >= 0.3 is 0 Å². The number of aromatic hydroxyl groups is 1. The van der Waals surface area contributed by atoms with Gasteiger partial charge in [-0.3, -0.25) is 4.90 Å². The van der Waals surface area contributed by atoms with E-state index in [1.807, 2.05) is 12.1 Å². The number of rotatable bonds is 5. The Labute approximate surface area is 210 Å². The van der Waals surface area contributed by atoms with Gasteiger partial charge in [0.2, 0.25) is 0 Å². The Morgan fingerprint density at radius 2 is 1.54 bits per heavy atom. The fraction of sp³-hybridized carbons (Fsp3) is 0.355. The van der Waals surface area contributed by atoms with Crippen LogP contribution in [0, 0.1) is 0 Å². The zero-order valence-electron chi connectivity index (χ0n) is 21.5. The Hall–Kier alpha value is -3.24. The number of nitrogens with zero attached hydrogens (tertiary/aromatic N) is 3. The number of phenols is 1. The van der Waals surface area contributed by atoms with Gasteiger partial charge in [-0.25, -0.2) is 0 Å². The summed E-state index contributed by atoms with van der Waals surface area (Å²) in [6, 6.07) is 24.5. The second-order valence-electron chi connectivity index (χ2n) is 10.3. The molecule has 0 radical (unpaired) electrons. The predicted octanol–water partition coefficient (Wildman–Crippen LogP) is 5.89. The molecule has 5 rings (SSSR count). The fourth-order valence-electron chi connectivity index (χ4n) is 5.50. The minimum Gasteiger partial charge on any atom is -0.508 e. The van der Waals surface area contributed by atoms with E-state index in [1.165, 1.54) is 44.8 Å². The zero-order valence-corrected chi connectivity index (χ0v) is 21.5. The van der Waals surface area contributed by atoms with Gasteiger partial charge in [0.25, 0.3) is 0 Å². The third kappa shape index (κ3) is 4.81. The fourth-order valence-corrected chi connectivity index (χ4v) is 5.50. The number of allylic oxidation sites excluding steroid dienone is 1. The highest BCUT2D eigenvalue weighted by Gasteiger charge is 2.23. The van der Waals surface area contributed by atoms with Crippen molar-refractivity contribution in [2.45, 2.75) is 32.7 Å². The van der Waals surface area contributed by atoms with E-state index < -0.39 is 0 Å². The van der Waals surface area contributed by atoms with Gasteiger partial charge in [-0.1, -0.05) is 30.3 Å². The van der Waals surface area contributed by atoms with Crippen molar-refractivity contribution in [3.8, 4) is 5.75 Å². The molecular weight excluding hydrogens is 430 g/mol. The molecule has 4 heteroatoms. The summed E-state index contributed by atoms with van der Waals surface area (Å²) in [5, 5.41) is 10.1. The Balaban J connectivity index is 1.53. The van der Waals surface area contributed by atoms with Crippen LogP contribution < -0.4 is 9.80 Å². The van der Waals surface area contributed by atoms with E-state index in [9.17, 15) is 5.11 Å². The van der Waals surface area contributed by atoms with Crippen LogP contribution in [0.3, 0.4) is 0 Å². The van der Waals surface area contributed by atoms with Crippen LogP contribution >= 0.6 is 0 Å². The molecular formula is C31H37N3O. The summed E-state index contributed by atoms with van der Waals surface area (Å²) >= 11 is 0. The highest BCUT2D eigenvalue weighted by molar-refractivity contribution is 6.01. The van der Waals surface area contributed by atoms with Gasteiger partial charge in [0.15, 0.2) is 0 Å². The van der Waals surface area contributed by atoms with Gasteiger partial charge in [-0.2, -0.15) is 0 Å². The van der Waals surface area contributed by atoms with E-state index in [0.717, 1.165) is 39.0 Å². The molecule has 1 saturated heterocycles. The van der Waals surface area contributed by atoms with Crippen molar-refractivity contribution in [3.63, 3.8) is 0 Å². The molecule has 1 fully saturated rings. The lowest BCUT2D eigenvalue weighted by Crippen LogP contribution is -2.48. The van der Waals surface area contributed by atoms with Crippen LogP contribution in [-0.4, -0.2) is 56.3 Å². The van der Waals surface area contributed by atoms with E-state index in [0.29, 0.717) is 11.8 Å². The van der Waals surface area contributed by atoms with Crippen molar-refractivity contribution in [2.24, 2.45) is 0 Å². The lowest BCUT2D eigenvalue weighted by atomic mass is 9.79. The lowest BCUT2D eigenvalue weighted by molar-refractivity contribution is 0.209. The average molecular weight is 468 g/mol. The Bertz CT molecular complexity index is 1220. The summed E-state index contributed by atoms with van der Waals surface area (Å²) in [6.07, 6.45) is 1.90. The molecule has 0 amide bonds. The number of hydrogen-bond acceptors (Lipinski definition) is 4. The molecule has 4 nitrogen and oxygen atoms in total. The monoisotopic (exact) mass is 467 g/mol. The molecule has 35 heavy (non-hydrogen) atoms. The van der Waals surface area contributed by atoms with Crippen molar-refractivity contribution >= 4 is 22.5 Å². The quantitative estimate of drug-likeness (QED) is 0.506. The van der Waals surface area contributed by atoms with E-state index in [-0.39, 0.29) is 0 Å². The predicted molar refractivity (Wildman–Crippen MR) is 148 cm³/mol. The molecule has 1 aliphatic heterocycles. The second-order valence-corrected chi connectivity index (χ2v) is 10.3. The molecule has 182 valence electrons. The third-order valence-electron chi connectivity index (χ3n) is 7.58. The molecule has 1 aliphatic carbocycles. The standard InChI is InChI=1S/C31H37N3O/c1-22(2)33-16-18-34(19-17-33)26-11-8-23(9-12-26)31-29(24-6-5-7-27(20-24)32(3)4)14-10-25-21-28(35)13-15-30(25)31/h5-9,11-13,15,20-22,35H,10,14,16-19H2,1-4H3. The first kappa shape index (κ1) is 23.5. The molecule has 0 atom stereocenters. The van der Waals surface area contributed by atoms with Crippen molar-refractivity contribution < 1.29 is 5.11 Å². The first-order chi connectivity index (χ1) is 16.9. The van der Waals surface area contributed by atoms with Crippen LogP contribution in [0.15, 0.2) is 66.7 Å². The molecule has 3 aromatic rings. The van der Waals surface area contributed by atoms with Crippen molar-refractivity contribution in [1.82, 2.24) is 4.90 Å². The van der Waals surface area contributed by atoms with Crippen molar-refractivity contribution in [2.75, 3.05) is 50.1 Å². The minimum absolute atomic E-state index is 0.344. The Kier molecular flexibility index (Phi) is 6.57. The number of anilines is 2. The number of fused-ring (bicyclic) bond motifs is 1. The van der Waals surface area contributed by atoms with Gasteiger partial charge in [-0.05, 0) is 96.5 Å². The molecule has 0 spiro atoms. The van der Waals surface area contributed by atoms with Gasteiger partial charge in [-0.15, -0.1) is 0 Å². The second kappa shape index (κ2) is 9.79. The highest BCUT2D eigenvalue weighted by atomic mass is 16.3. The normalized spacial score (nSPS) is 16.5. The lowest BCUT2D eigenvalue weighted by Gasteiger charge is -2.38. The largest absolute Gasteiger partial charge is 0.508 e. The molecule has 0 unspecified atom stereocenters. The Morgan fingerprint density at radius 1 is 0.800 bits per heavy atom. The number of aryl methyl sites for hydroxylation is 1. The third-order valence-corrected chi connectivity index (χ3v) is 7.58. The van der Waals surface area contributed by atoms with E-state index >= 15 is 0 Å². The maximum Gasteiger partial charge on any atom is 0.115 e. The van der Waals surface area contributed by atoms with Crippen molar-refractivity contribution in [3.05, 3.63) is 89.0 Å². The van der Waals surface area contributed by atoms with Crippen LogP contribution in [0.4, 0.5) is 11.4 Å². The van der Waals surface area contributed by atoms with Gasteiger partial charge in [0.05, 0.1) is 0 Å². The molecule has 2 aliphatic rings. The van der Waals surface area contributed by atoms with E-state index in [2.05, 4.69) is 97.2 Å². The minimum atomic E-state index is 0.344. The maximum atomic E-state index is 10.1. The van der Waals surface area contributed by atoms with E-state index in [1.54, 1.807) is 0 Å². The first-order valence-corrected chi connectivity index (χ1v) is 12.8. The van der Waals surface area contributed by atoms with Crippen LogP contribution in [0.1, 0.15) is 42.5 Å². The number of hydrogen-bond donors (Lipinski definition) is 1. The van der Waals surface area contributed by atoms with Crippen LogP contribution in [0.25, 0.3) is 11.1 Å². The first-order valence-electron chi connectivity index (χ1n) is 12.8. The number of phenolic OH excluding ortho intramolecular Hbond substituents is 1. The maximum absolute atomic E-state index is 10.1. The molecule has 3 aromatic carbocycles. The van der Waals surface area contributed by atoms with Gasteiger partial charge in [0.1, 0.15) is 5.75 Å². The SMILES string of the molecule is CC(C)N1CCN(c2ccc(C3=C(c4cccc(N(C)C)c4)CCc4cc(O)ccc43)cc2)CC1. The Morgan fingerprint density at radius 3 is 2.23 bits per heavy atom. The van der Waals surface area contributed by atoms with Crippen molar-refractivity contribution in [1.29, 1.82) is 0 Å². The highest BCUT2D eigenvalue weighted by Crippen LogP contribution is 2.42. The number of benzene rings is 3. The summed E-state index contributed by atoms with van der Waals surface area (Å²) in [4.78, 5) is 7.22. The summed E-state index contributed by atoms with van der Waals surface area (Å²) in [5.74, 6) is 0.344. The topological polar surface area (TPSA) is 30.0 Å². The molecule has 1 heterocycles. The van der Waals surface area contributed by atoms with Gasteiger partial charge in [0, 0.05) is 57.7 Å². The smallest absolute Gasteiger partial charge is 0.115 e. The summed E-state index contributed by atoms with van der Waals surface area (Å²) in [7, 11) is 4.18. The molecule has 0 bridgehead atoms. The molecule has 0 saturated carbocycles. The summed E-state index contributed by atoms with van der Waals surface area (Å²) in [6.45, 7) is 8.95.